The van der Waals surface area contributed by atoms with E-state index in [0.717, 1.165) is 6.42 Å². The number of allylic oxidation sites excluding steroid dienone is 1. The van der Waals surface area contributed by atoms with Crippen LogP contribution in [0.25, 0.3) is 0 Å². The summed E-state index contributed by atoms with van der Waals surface area (Å²) in [6.07, 6.45) is 19.8. The zero-order valence-electron chi connectivity index (χ0n) is 14.5. The molecule has 1 aliphatic rings. The first kappa shape index (κ1) is 19.2. The fourth-order valence-electron chi connectivity index (χ4n) is 2.84. The first-order valence-electron chi connectivity index (χ1n) is 9.18. The van der Waals surface area contributed by atoms with E-state index in [9.17, 15) is 4.79 Å². The summed E-state index contributed by atoms with van der Waals surface area (Å²) in [6, 6.07) is 0. The van der Waals surface area contributed by atoms with E-state index in [1.165, 1.54) is 83.8 Å². The van der Waals surface area contributed by atoms with Crippen LogP contribution < -0.4 is 0 Å². The number of methoxy groups -OCH3 is 1. The second-order valence-electron chi connectivity index (χ2n) is 6.33. The van der Waals surface area contributed by atoms with E-state index in [0.29, 0.717) is 12.2 Å². The summed E-state index contributed by atoms with van der Waals surface area (Å²) in [5.74, 6) is -0.254. The molecule has 1 fully saturated rings. The van der Waals surface area contributed by atoms with Gasteiger partial charge in [0.25, 0.3) is 0 Å². The van der Waals surface area contributed by atoms with Crippen molar-refractivity contribution < 1.29 is 14.3 Å². The van der Waals surface area contributed by atoms with Crippen molar-refractivity contribution in [1.82, 2.24) is 0 Å². The molecule has 1 aliphatic heterocycles. The van der Waals surface area contributed by atoms with Crippen LogP contribution in [0.2, 0.25) is 0 Å². The Morgan fingerprint density at radius 2 is 1.55 bits per heavy atom. The van der Waals surface area contributed by atoms with Crippen LogP contribution in [-0.4, -0.2) is 25.3 Å². The van der Waals surface area contributed by atoms with E-state index in [4.69, 9.17) is 4.74 Å². The van der Waals surface area contributed by atoms with Crippen molar-refractivity contribution in [3.63, 3.8) is 0 Å². The van der Waals surface area contributed by atoms with E-state index in [2.05, 4.69) is 11.7 Å². The van der Waals surface area contributed by atoms with Crippen molar-refractivity contribution in [1.29, 1.82) is 0 Å². The molecular formula is C19H34O3. The Morgan fingerprint density at radius 1 is 0.955 bits per heavy atom. The quantitative estimate of drug-likeness (QED) is 0.192. The van der Waals surface area contributed by atoms with Crippen molar-refractivity contribution in [2.75, 3.05) is 7.11 Å². The monoisotopic (exact) mass is 310 g/mol. The maximum absolute atomic E-state index is 10.9. The van der Waals surface area contributed by atoms with Gasteiger partial charge in [0, 0.05) is 6.08 Å². The summed E-state index contributed by atoms with van der Waals surface area (Å²) in [5, 5.41) is 0. The van der Waals surface area contributed by atoms with Crippen molar-refractivity contribution in [2.24, 2.45) is 0 Å². The lowest BCUT2D eigenvalue weighted by atomic mass is 10.0. The number of rotatable bonds is 14. The van der Waals surface area contributed by atoms with E-state index < -0.39 is 0 Å². The highest BCUT2D eigenvalue weighted by Crippen LogP contribution is 2.31. The molecule has 0 radical (unpaired) electrons. The van der Waals surface area contributed by atoms with Gasteiger partial charge in [0.2, 0.25) is 0 Å². The Hall–Kier alpha value is -0.830. The SMILES string of the molecule is CCCCC[C@H]1O[C@H]1CCCCCCCC/C=C\C(=O)OC. The van der Waals surface area contributed by atoms with Crippen LogP contribution in [0.3, 0.4) is 0 Å². The number of hydrogen-bond acceptors (Lipinski definition) is 3. The highest BCUT2D eigenvalue weighted by Gasteiger charge is 2.36. The van der Waals surface area contributed by atoms with Gasteiger partial charge in [0.05, 0.1) is 19.3 Å². The molecule has 1 saturated heterocycles. The molecule has 22 heavy (non-hydrogen) atoms. The Labute approximate surface area is 136 Å². The molecule has 0 aliphatic carbocycles. The van der Waals surface area contributed by atoms with Crippen LogP contribution in [0, 0.1) is 0 Å². The minimum atomic E-state index is -0.254. The molecule has 0 amide bonds. The summed E-state index contributed by atoms with van der Waals surface area (Å²) < 4.78 is 10.3. The van der Waals surface area contributed by atoms with Gasteiger partial charge in [-0.05, 0) is 25.7 Å². The molecule has 0 aromatic heterocycles. The van der Waals surface area contributed by atoms with Gasteiger partial charge < -0.3 is 9.47 Å². The molecule has 0 aromatic carbocycles. The topological polar surface area (TPSA) is 38.8 Å². The van der Waals surface area contributed by atoms with Crippen molar-refractivity contribution in [2.45, 2.75) is 96.2 Å². The lowest BCUT2D eigenvalue weighted by Crippen LogP contribution is -1.94. The first-order chi connectivity index (χ1) is 10.8. The Balaban J connectivity index is 1.78. The van der Waals surface area contributed by atoms with Crippen molar-refractivity contribution in [3.05, 3.63) is 12.2 Å². The summed E-state index contributed by atoms with van der Waals surface area (Å²) in [5.41, 5.74) is 0. The van der Waals surface area contributed by atoms with Crippen LogP contribution in [0.5, 0.6) is 0 Å². The average molecular weight is 310 g/mol. The number of carbonyl (C=O) groups is 1. The summed E-state index contributed by atoms with van der Waals surface area (Å²) >= 11 is 0. The van der Waals surface area contributed by atoms with Crippen LogP contribution in [0.4, 0.5) is 0 Å². The van der Waals surface area contributed by atoms with Gasteiger partial charge >= 0.3 is 5.97 Å². The molecule has 0 N–H and O–H groups in total. The second kappa shape index (κ2) is 12.7. The third kappa shape index (κ3) is 9.99. The van der Waals surface area contributed by atoms with Crippen LogP contribution >= 0.6 is 0 Å². The highest BCUT2D eigenvalue weighted by molar-refractivity contribution is 5.81. The van der Waals surface area contributed by atoms with Gasteiger partial charge in [-0.3, -0.25) is 0 Å². The van der Waals surface area contributed by atoms with E-state index in [-0.39, 0.29) is 5.97 Å². The van der Waals surface area contributed by atoms with Crippen LogP contribution in [0.1, 0.15) is 84.0 Å². The zero-order valence-corrected chi connectivity index (χ0v) is 14.5. The van der Waals surface area contributed by atoms with E-state index in [1.807, 2.05) is 6.08 Å². The minimum Gasteiger partial charge on any atom is -0.466 e. The Kier molecular flexibility index (Phi) is 11.1. The van der Waals surface area contributed by atoms with Gasteiger partial charge in [0.15, 0.2) is 0 Å². The fourth-order valence-corrected chi connectivity index (χ4v) is 2.84. The van der Waals surface area contributed by atoms with Crippen molar-refractivity contribution >= 4 is 5.97 Å². The van der Waals surface area contributed by atoms with Crippen LogP contribution in [0.15, 0.2) is 12.2 Å². The van der Waals surface area contributed by atoms with Crippen LogP contribution in [-0.2, 0) is 14.3 Å². The van der Waals surface area contributed by atoms with E-state index in [1.54, 1.807) is 0 Å². The normalized spacial score (nSPS) is 20.5. The number of carbonyl (C=O) groups excluding carboxylic acids is 1. The number of ether oxygens (including phenoxy) is 2. The molecule has 3 nitrogen and oxygen atoms in total. The number of esters is 1. The summed E-state index contributed by atoms with van der Waals surface area (Å²) in [6.45, 7) is 2.25. The Bertz CT molecular complexity index is 312. The highest BCUT2D eigenvalue weighted by atomic mass is 16.6. The Morgan fingerprint density at radius 3 is 2.18 bits per heavy atom. The molecule has 0 spiro atoms. The zero-order chi connectivity index (χ0) is 16.0. The smallest absolute Gasteiger partial charge is 0.330 e. The lowest BCUT2D eigenvalue weighted by molar-refractivity contribution is -0.134. The fraction of sp³-hybridized carbons (Fsp3) is 0.842. The van der Waals surface area contributed by atoms with Gasteiger partial charge in [0.1, 0.15) is 0 Å². The largest absolute Gasteiger partial charge is 0.466 e. The summed E-state index contributed by atoms with van der Waals surface area (Å²) in [7, 11) is 1.41. The molecule has 1 heterocycles. The van der Waals surface area contributed by atoms with Crippen molar-refractivity contribution in [3.8, 4) is 0 Å². The standard InChI is InChI=1S/C19H34O3/c1-3-4-11-14-17-18(22-17)15-12-9-7-5-6-8-10-13-16-19(20)21-2/h13,16-18H,3-12,14-15H2,1-2H3/b16-13-/t17-,18+/m1/s1. The first-order valence-corrected chi connectivity index (χ1v) is 9.18. The molecule has 0 saturated carbocycles. The lowest BCUT2D eigenvalue weighted by Gasteiger charge is -2.00. The third-order valence-corrected chi connectivity index (χ3v) is 4.34. The second-order valence-corrected chi connectivity index (χ2v) is 6.33. The third-order valence-electron chi connectivity index (χ3n) is 4.34. The molecule has 0 aromatic rings. The number of epoxide rings is 1. The predicted octanol–water partition coefficient (Wildman–Crippen LogP) is 5.18. The molecule has 0 bridgehead atoms. The molecule has 128 valence electrons. The maximum atomic E-state index is 10.9. The van der Waals surface area contributed by atoms with Gasteiger partial charge in [-0.2, -0.15) is 0 Å². The average Bonchev–Trinajstić information content (AvgIpc) is 3.27. The van der Waals surface area contributed by atoms with Gasteiger partial charge in [-0.25, -0.2) is 4.79 Å². The molecular weight excluding hydrogens is 276 g/mol. The molecule has 3 heteroatoms. The van der Waals surface area contributed by atoms with E-state index >= 15 is 0 Å². The molecule has 1 rings (SSSR count). The molecule has 2 atom stereocenters. The summed E-state index contributed by atoms with van der Waals surface area (Å²) in [4.78, 5) is 10.9. The molecule has 0 unspecified atom stereocenters. The maximum Gasteiger partial charge on any atom is 0.330 e. The number of unbranched alkanes of at least 4 members (excludes halogenated alkanes) is 8. The van der Waals surface area contributed by atoms with Gasteiger partial charge in [-0.15, -0.1) is 0 Å². The minimum absolute atomic E-state index is 0.254. The number of hydrogen-bond donors (Lipinski definition) is 0. The van der Waals surface area contributed by atoms with Gasteiger partial charge in [-0.1, -0.05) is 64.4 Å². The predicted molar refractivity (Wildman–Crippen MR) is 90.9 cm³/mol.